The Morgan fingerprint density at radius 3 is 2.40 bits per heavy atom. The van der Waals surface area contributed by atoms with Crippen LogP contribution in [0, 0.1) is 0 Å². The molecule has 0 aliphatic carbocycles. The van der Waals surface area contributed by atoms with Gasteiger partial charge in [0.05, 0.1) is 12.1 Å². The largest absolute Gasteiger partial charge is 0.545 e. The zero-order valence-corrected chi connectivity index (χ0v) is 5.82. The summed E-state index contributed by atoms with van der Waals surface area (Å²) < 4.78 is 10.0. The minimum atomic E-state index is -4.10. The minimum Gasteiger partial charge on any atom is -0.545 e. The Bertz CT molecular complexity index is 190. The van der Waals surface area contributed by atoms with Crippen molar-refractivity contribution in [2.75, 3.05) is 6.16 Å². The van der Waals surface area contributed by atoms with Gasteiger partial charge in [0.15, 0.2) is 0 Å². The van der Waals surface area contributed by atoms with Crippen LogP contribution in [0.3, 0.4) is 0 Å². The van der Waals surface area contributed by atoms with Crippen LogP contribution in [-0.4, -0.2) is 21.9 Å². The van der Waals surface area contributed by atoms with Crippen molar-refractivity contribution in [3.05, 3.63) is 12.2 Å². The third kappa shape index (κ3) is 7.36. The first-order valence-corrected chi connectivity index (χ1v) is 4.13. The Morgan fingerprint density at radius 1 is 1.60 bits per heavy atom. The summed E-state index contributed by atoms with van der Waals surface area (Å²) in [5.74, 6) is -1.46. The van der Waals surface area contributed by atoms with Crippen LogP contribution in [0.25, 0.3) is 0 Å². The molecule has 0 amide bonds. The Hall–Kier alpha value is -0.640. The highest BCUT2D eigenvalue weighted by molar-refractivity contribution is 7.51. The van der Waals surface area contributed by atoms with Gasteiger partial charge in [-0.25, -0.2) is 0 Å². The van der Waals surface area contributed by atoms with E-state index in [2.05, 4.69) is 0 Å². The fourth-order valence-electron chi connectivity index (χ4n) is 0.286. The zero-order chi connectivity index (χ0) is 8.20. The van der Waals surface area contributed by atoms with Crippen molar-refractivity contribution in [1.82, 2.24) is 0 Å². The second-order valence-electron chi connectivity index (χ2n) is 1.57. The maximum Gasteiger partial charge on any atom is 0.329 e. The third-order valence-electron chi connectivity index (χ3n) is 0.597. The first-order valence-electron chi connectivity index (χ1n) is 2.34. The molecule has 0 saturated heterocycles. The van der Waals surface area contributed by atoms with E-state index in [1.54, 1.807) is 0 Å². The van der Waals surface area contributed by atoms with Crippen LogP contribution in [-0.2, 0) is 9.36 Å². The predicted octanol–water partition coefficient (Wildman–Crippen LogP) is -1.53. The summed E-state index contributed by atoms with van der Waals surface area (Å²) in [6.07, 6.45) is 0.871. The Morgan fingerprint density at radius 2 is 2.10 bits per heavy atom. The van der Waals surface area contributed by atoms with E-state index in [0.29, 0.717) is 6.08 Å². The van der Waals surface area contributed by atoms with E-state index in [1.807, 2.05) is 0 Å². The molecule has 0 aromatic rings. The summed E-state index contributed by atoms with van der Waals surface area (Å²) in [5.41, 5.74) is 0. The summed E-state index contributed by atoms with van der Waals surface area (Å²) in [6, 6.07) is 0. The van der Waals surface area contributed by atoms with Crippen molar-refractivity contribution in [1.29, 1.82) is 0 Å². The summed E-state index contributed by atoms with van der Waals surface area (Å²) >= 11 is 0. The monoisotopic (exact) mass is 165 g/mol. The molecule has 6 heteroatoms. The van der Waals surface area contributed by atoms with Crippen molar-refractivity contribution in [3.8, 4) is 0 Å². The standard InChI is InChI=1S/C4H7O5P/c5-4(6)2-1-3-10(7,8)9/h1-2H,3H2,(H,5,6)(H2,7,8,9)/p-1/b2-1+. The van der Waals surface area contributed by atoms with Crippen LogP contribution >= 0.6 is 7.60 Å². The van der Waals surface area contributed by atoms with Crippen molar-refractivity contribution >= 4 is 13.6 Å². The Balaban J connectivity index is 3.76. The smallest absolute Gasteiger partial charge is 0.329 e. The van der Waals surface area contributed by atoms with Crippen LogP contribution < -0.4 is 5.11 Å². The normalized spacial score (nSPS) is 12.2. The zero-order valence-electron chi connectivity index (χ0n) is 4.93. The van der Waals surface area contributed by atoms with Crippen molar-refractivity contribution in [2.24, 2.45) is 0 Å². The van der Waals surface area contributed by atoms with Gasteiger partial charge in [0.2, 0.25) is 0 Å². The minimum absolute atomic E-state index is 0.568. The predicted molar refractivity (Wildman–Crippen MR) is 31.1 cm³/mol. The van der Waals surface area contributed by atoms with E-state index in [1.165, 1.54) is 0 Å². The van der Waals surface area contributed by atoms with Crippen molar-refractivity contribution in [3.63, 3.8) is 0 Å². The molecule has 0 unspecified atom stereocenters. The molecule has 0 aliphatic heterocycles. The topological polar surface area (TPSA) is 97.7 Å². The molecular formula is C4H6O5P-. The molecule has 5 nitrogen and oxygen atoms in total. The fraction of sp³-hybridized carbons (Fsp3) is 0.250. The third-order valence-corrected chi connectivity index (χ3v) is 1.28. The lowest BCUT2D eigenvalue weighted by Gasteiger charge is -1.96. The van der Waals surface area contributed by atoms with Gasteiger partial charge in [0.25, 0.3) is 0 Å². The number of hydrogen-bond acceptors (Lipinski definition) is 3. The Kier molecular flexibility index (Phi) is 3.28. The number of carbonyl (C=O) groups is 1. The number of hydrogen-bond donors (Lipinski definition) is 2. The van der Waals surface area contributed by atoms with E-state index in [-0.39, 0.29) is 0 Å². The molecular weight excluding hydrogens is 159 g/mol. The highest BCUT2D eigenvalue weighted by Crippen LogP contribution is 2.33. The van der Waals surface area contributed by atoms with Crippen molar-refractivity contribution in [2.45, 2.75) is 0 Å². The summed E-state index contributed by atoms with van der Waals surface area (Å²) in [5, 5.41) is 9.63. The molecule has 0 radical (unpaired) electrons. The van der Waals surface area contributed by atoms with E-state index in [0.717, 1.165) is 6.08 Å². The summed E-state index contributed by atoms with van der Waals surface area (Å²) in [7, 11) is -4.10. The second kappa shape index (κ2) is 3.51. The first-order chi connectivity index (χ1) is 4.42. The maximum atomic E-state index is 10.0. The molecule has 58 valence electrons. The van der Waals surface area contributed by atoms with E-state index in [4.69, 9.17) is 9.79 Å². The van der Waals surface area contributed by atoms with Gasteiger partial charge in [-0.15, -0.1) is 0 Å². The van der Waals surface area contributed by atoms with Gasteiger partial charge in [-0.3, -0.25) is 4.57 Å². The summed E-state index contributed by atoms with van der Waals surface area (Å²) in [6.45, 7) is 0. The van der Waals surface area contributed by atoms with Crippen LogP contribution in [0.1, 0.15) is 0 Å². The molecule has 0 aliphatic rings. The van der Waals surface area contributed by atoms with E-state index < -0.39 is 19.7 Å². The lowest BCUT2D eigenvalue weighted by molar-refractivity contribution is -0.297. The maximum absolute atomic E-state index is 10.0. The van der Waals surface area contributed by atoms with Gasteiger partial charge in [0, 0.05) is 0 Å². The molecule has 10 heavy (non-hydrogen) atoms. The molecule has 0 heterocycles. The quantitative estimate of drug-likeness (QED) is 0.390. The van der Waals surface area contributed by atoms with Crippen molar-refractivity contribution < 1.29 is 24.3 Å². The van der Waals surface area contributed by atoms with Gasteiger partial charge in [-0.2, -0.15) is 0 Å². The number of carboxylic acid groups (broad SMARTS) is 1. The summed E-state index contributed by atoms with van der Waals surface area (Å²) in [4.78, 5) is 26.0. The lowest BCUT2D eigenvalue weighted by atomic mass is 10.5. The molecule has 0 fully saturated rings. The molecule has 0 rings (SSSR count). The SMILES string of the molecule is O=C([O-])/C=C/CP(=O)(O)O. The van der Waals surface area contributed by atoms with Gasteiger partial charge < -0.3 is 19.7 Å². The molecule has 0 aromatic carbocycles. The Labute approximate surface area is 57.2 Å². The highest BCUT2D eigenvalue weighted by Gasteiger charge is 2.07. The van der Waals surface area contributed by atoms with Crippen LogP contribution in [0.5, 0.6) is 0 Å². The molecule has 0 bridgehead atoms. The first kappa shape index (κ1) is 9.36. The average Bonchev–Trinajstić information content (AvgIpc) is 1.59. The van der Waals surface area contributed by atoms with Crippen LogP contribution in [0.4, 0.5) is 0 Å². The van der Waals surface area contributed by atoms with Gasteiger partial charge >= 0.3 is 7.60 Å². The fourth-order valence-corrected chi connectivity index (χ4v) is 0.666. The lowest BCUT2D eigenvalue weighted by Crippen LogP contribution is -2.18. The number of rotatable bonds is 3. The molecule has 2 N–H and O–H groups in total. The molecule has 0 saturated carbocycles. The van der Waals surface area contributed by atoms with Gasteiger partial charge in [-0.1, -0.05) is 6.08 Å². The van der Waals surface area contributed by atoms with Crippen LogP contribution in [0.2, 0.25) is 0 Å². The number of aliphatic carboxylic acids is 1. The number of carbonyl (C=O) groups excluding carboxylic acids is 1. The average molecular weight is 165 g/mol. The van der Waals surface area contributed by atoms with E-state index in [9.17, 15) is 14.5 Å². The number of allylic oxidation sites excluding steroid dienone is 1. The van der Waals surface area contributed by atoms with E-state index >= 15 is 0 Å². The number of carboxylic acids is 1. The molecule has 0 aromatic heterocycles. The second-order valence-corrected chi connectivity index (χ2v) is 3.26. The molecule has 0 atom stereocenters. The van der Waals surface area contributed by atoms with Crippen LogP contribution in [0.15, 0.2) is 12.2 Å². The van der Waals surface area contributed by atoms with Gasteiger partial charge in [0.1, 0.15) is 0 Å². The molecule has 0 spiro atoms. The highest BCUT2D eigenvalue weighted by atomic mass is 31.2. The van der Waals surface area contributed by atoms with Gasteiger partial charge in [-0.05, 0) is 6.08 Å².